The SMILES string of the molecule is O=C(NCCCc1ccncc1)c1cocn1. The van der Waals surface area contributed by atoms with Crippen LogP contribution >= 0.6 is 0 Å². The molecule has 0 aliphatic carbocycles. The minimum Gasteiger partial charge on any atom is -0.451 e. The summed E-state index contributed by atoms with van der Waals surface area (Å²) >= 11 is 0. The number of aryl methyl sites for hydroxylation is 1. The quantitative estimate of drug-likeness (QED) is 0.790. The molecule has 0 saturated heterocycles. The van der Waals surface area contributed by atoms with Gasteiger partial charge in [0.25, 0.3) is 5.91 Å². The lowest BCUT2D eigenvalue weighted by molar-refractivity contribution is 0.0948. The zero-order valence-corrected chi connectivity index (χ0v) is 9.30. The molecular formula is C12H13N3O2. The van der Waals surface area contributed by atoms with E-state index in [1.807, 2.05) is 12.1 Å². The highest BCUT2D eigenvalue weighted by atomic mass is 16.3. The molecule has 88 valence electrons. The minimum absolute atomic E-state index is 0.200. The van der Waals surface area contributed by atoms with Crippen molar-refractivity contribution in [2.45, 2.75) is 12.8 Å². The number of carbonyl (C=O) groups is 1. The van der Waals surface area contributed by atoms with Crippen LogP contribution in [-0.4, -0.2) is 22.4 Å². The lowest BCUT2D eigenvalue weighted by atomic mass is 10.1. The molecule has 0 saturated carbocycles. The Morgan fingerprint density at radius 3 is 2.88 bits per heavy atom. The predicted molar refractivity (Wildman–Crippen MR) is 61.4 cm³/mol. The molecule has 0 aliphatic rings. The maximum atomic E-state index is 11.5. The van der Waals surface area contributed by atoms with Crippen molar-refractivity contribution >= 4 is 5.91 Å². The lowest BCUT2D eigenvalue weighted by Crippen LogP contribution is -2.24. The first-order valence-corrected chi connectivity index (χ1v) is 5.41. The van der Waals surface area contributed by atoms with Crippen LogP contribution in [0.5, 0.6) is 0 Å². The third-order valence-corrected chi connectivity index (χ3v) is 2.34. The molecule has 0 spiro atoms. The molecule has 1 N–H and O–H groups in total. The van der Waals surface area contributed by atoms with E-state index in [0.29, 0.717) is 12.2 Å². The second kappa shape index (κ2) is 5.79. The largest absolute Gasteiger partial charge is 0.451 e. The zero-order chi connectivity index (χ0) is 11.9. The van der Waals surface area contributed by atoms with Crippen molar-refractivity contribution in [2.24, 2.45) is 0 Å². The number of hydrogen-bond acceptors (Lipinski definition) is 4. The van der Waals surface area contributed by atoms with Crippen LogP contribution in [0, 0.1) is 0 Å². The number of rotatable bonds is 5. The smallest absolute Gasteiger partial charge is 0.273 e. The van der Waals surface area contributed by atoms with E-state index in [1.165, 1.54) is 18.2 Å². The maximum absolute atomic E-state index is 11.5. The lowest BCUT2D eigenvalue weighted by Gasteiger charge is -2.02. The number of amides is 1. The fourth-order valence-corrected chi connectivity index (χ4v) is 1.46. The molecule has 5 heteroatoms. The van der Waals surface area contributed by atoms with Crippen LogP contribution in [0.25, 0.3) is 0 Å². The Morgan fingerprint density at radius 2 is 2.18 bits per heavy atom. The Kier molecular flexibility index (Phi) is 3.85. The summed E-state index contributed by atoms with van der Waals surface area (Å²) < 4.78 is 4.73. The Balaban J connectivity index is 1.69. The Labute approximate surface area is 98.9 Å². The summed E-state index contributed by atoms with van der Waals surface area (Å²) in [5.41, 5.74) is 1.53. The van der Waals surface area contributed by atoms with Crippen molar-refractivity contribution in [3.05, 3.63) is 48.4 Å². The second-order valence-electron chi connectivity index (χ2n) is 3.59. The third-order valence-electron chi connectivity index (χ3n) is 2.34. The summed E-state index contributed by atoms with van der Waals surface area (Å²) in [4.78, 5) is 19.2. The van der Waals surface area contributed by atoms with Gasteiger partial charge in [0.1, 0.15) is 6.26 Å². The van der Waals surface area contributed by atoms with E-state index in [4.69, 9.17) is 4.42 Å². The zero-order valence-electron chi connectivity index (χ0n) is 9.30. The summed E-state index contributed by atoms with van der Waals surface area (Å²) in [6.45, 7) is 0.619. The number of carbonyl (C=O) groups excluding carboxylic acids is 1. The van der Waals surface area contributed by atoms with Gasteiger partial charge in [0, 0.05) is 18.9 Å². The van der Waals surface area contributed by atoms with E-state index in [-0.39, 0.29) is 5.91 Å². The summed E-state index contributed by atoms with van der Waals surface area (Å²) in [5.74, 6) is -0.200. The van der Waals surface area contributed by atoms with E-state index in [1.54, 1.807) is 12.4 Å². The van der Waals surface area contributed by atoms with E-state index in [2.05, 4.69) is 15.3 Å². The molecule has 0 bridgehead atoms. The molecule has 2 rings (SSSR count). The molecule has 0 radical (unpaired) electrons. The van der Waals surface area contributed by atoms with Crippen LogP contribution in [0.1, 0.15) is 22.5 Å². The molecule has 0 aromatic carbocycles. The van der Waals surface area contributed by atoms with Gasteiger partial charge in [-0.1, -0.05) is 0 Å². The monoisotopic (exact) mass is 231 g/mol. The first-order valence-electron chi connectivity index (χ1n) is 5.41. The van der Waals surface area contributed by atoms with Crippen molar-refractivity contribution in [3.63, 3.8) is 0 Å². The van der Waals surface area contributed by atoms with E-state index < -0.39 is 0 Å². The number of pyridine rings is 1. The summed E-state index contributed by atoms with van der Waals surface area (Å²) in [6.07, 6.45) is 7.91. The van der Waals surface area contributed by atoms with Crippen molar-refractivity contribution in [2.75, 3.05) is 6.54 Å². The molecule has 5 nitrogen and oxygen atoms in total. The number of aromatic nitrogens is 2. The van der Waals surface area contributed by atoms with Crippen LogP contribution in [0.2, 0.25) is 0 Å². The molecule has 0 aliphatic heterocycles. The molecule has 2 heterocycles. The van der Waals surface area contributed by atoms with Crippen LogP contribution in [0.4, 0.5) is 0 Å². The van der Waals surface area contributed by atoms with Gasteiger partial charge in [-0.15, -0.1) is 0 Å². The standard InChI is InChI=1S/C12H13N3O2/c16-12(11-8-17-9-15-11)14-5-1-2-10-3-6-13-7-4-10/h3-4,6-9H,1-2,5H2,(H,14,16). The van der Waals surface area contributed by atoms with Crippen molar-refractivity contribution in [1.29, 1.82) is 0 Å². The average Bonchev–Trinajstić information content (AvgIpc) is 2.89. The highest BCUT2D eigenvalue weighted by Gasteiger charge is 2.06. The van der Waals surface area contributed by atoms with Gasteiger partial charge in [-0.25, -0.2) is 4.98 Å². The van der Waals surface area contributed by atoms with E-state index in [9.17, 15) is 4.79 Å². The van der Waals surface area contributed by atoms with E-state index >= 15 is 0 Å². The fourth-order valence-electron chi connectivity index (χ4n) is 1.46. The molecule has 0 fully saturated rings. The molecule has 2 aromatic heterocycles. The molecular weight excluding hydrogens is 218 g/mol. The Bertz CT molecular complexity index is 454. The topological polar surface area (TPSA) is 68.0 Å². The van der Waals surface area contributed by atoms with Gasteiger partial charge in [0.05, 0.1) is 0 Å². The van der Waals surface area contributed by atoms with Gasteiger partial charge in [0.15, 0.2) is 12.1 Å². The van der Waals surface area contributed by atoms with Gasteiger partial charge in [-0.3, -0.25) is 9.78 Å². The Morgan fingerprint density at radius 1 is 1.35 bits per heavy atom. The van der Waals surface area contributed by atoms with Crippen LogP contribution in [0.3, 0.4) is 0 Å². The molecule has 0 unspecified atom stereocenters. The van der Waals surface area contributed by atoms with Crippen LogP contribution in [-0.2, 0) is 6.42 Å². The van der Waals surface area contributed by atoms with Crippen LogP contribution in [0.15, 0.2) is 41.6 Å². The first kappa shape index (κ1) is 11.3. The third kappa shape index (κ3) is 3.41. The molecule has 0 atom stereocenters. The summed E-state index contributed by atoms with van der Waals surface area (Å²) in [7, 11) is 0. The molecule has 1 amide bonds. The van der Waals surface area contributed by atoms with Crippen molar-refractivity contribution in [1.82, 2.24) is 15.3 Å². The number of nitrogens with one attached hydrogen (secondary N) is 1. The average molecular weight is 231 g/mol. The van der Waals surface area contributed by atoms with Gasteiger partial charge in [0.2, 0.25) is 0 Å². The number of oxazole rings is 1. The van der Waals surface area contributed by atoms with Gasteiger partial charge in [-0.2, -0.15) is 0 Å². The Hall–Kier alpha value is -2.17. The molecule has 2 aromatic rings. The minimum atomic E-state index is -0.200. The summed E-state index contributed by atoms with van der Waals surface area (Å²) in [5, 5.41) is 2.78. The number of hydrogen-bond donors (Lipinski definition) is 1. The van der Waals surface area contributed by atoms with E-state index in [0.717, 1.165) is 12.8 Å². The number of nitrogens with zero attached hydrogens (tertiary/aromatic N) is 2. The molecule has 17 heavy (non-hydrogen) atoms. The highest BCUT2D eigenvalue weighted by molar-refractivity contribution is 5.91. The van der Waals surface area contributed by atoms with Crippen LogP contribution < -0.4 is 5.32 Å². The first-order chi connectivity index (χ1) is 8.36. The van der Waals surface area contributed by atoms with Gasteiger partial charge >= 0.3 is 0 Å². The van der Waals surface area contributed by atoms with Crippen molar-refractivity contribution < 1.29 is 9.21 Å². The second-order valence-corrected chi connectivity index (χ2v) is 3.59. The fraction of sp³-hybridized carbons (Fsp3) is 0.250. The maximum Gasteiger partial charge on any atom is 0.273 e. The van der Waals surface area contributed by atoms with Gasteiger partial charge in [-0.05, 0) is 30.5 Å². The normalized spacial score (nSPS) is 10.1. The predicted octanol–water partition coefficient (Wildman–Crippen LogP) is 1.43. The highest BCUT2D eigenvalue weighted by Crippen LogP contribution is 2.00. The van der Waals surface area contributed by atoms with Gasteiger partial charge < -0.3 is 9.73 Å². The summed E-state index contributed by atoms with van der Waals surface area (Å²) in [6, 6.07) is 3.94. The van der Waals surface area contributed by atoms with Crippen molar-refractivity contribution in [3.8, 4) is 0 Å².